The van der Waals surface area contributed by atoms with E-state index >= 15 is 0 Å². The van der Waals surface area contributed by atoms with Gasteiger partial charge in [0.15, 0.2) is 0 Å². The maximum absolute atomic E-state index is 11.5. The van der Waals surface area contributed by atoms with Gasteiger partial charge in [-0.05, 0) is 25.8 Å². The zero-order valence-electron chi connectivity index (χ0n) is 10.4. The van der Waals surface area contributed by atoms with Crippen LogP contribution in [0.4, 0.5) is 0 Å². The number of sulfone groups is 1. The molecule has 0 aromatic carbocycles. The number of hydrogen-bond acceptors (Lipinski definition) is 4. The van der Waals surface area contributed by atoms with Gasteiger partial charge in [0.1, 0.15) is 9.84 Å². The molecule has 6 heteroatoms. The highest BCUT2D eigenvalue weighted by Gasteiger charge is 2.16. The number of amides is 1. The molecule has 0 aromatic rings. The summed E-state index contributed by atoms with van der Waals surface area (Å²) in [4.78, 5) is 11.5. The summed E-state index contributed by atoms with van der Waals surface area (Å²) in [7, 11) is -2.88. The average molecular weight is 262 g/mol. The number of nitrogens with one attached hydrogen (secondary N) is 2. The maximum atomic E-state index is 11.5. The fourth-order valence-electron chi connectivity index (χ4n) is 2.01. The standard InChI is InChI=1S/C11H22N2O3S/c1-17(15,16)8-4-7-12-9-11(14)13-10-5-2-3-6-10/h10,12H,2-9H2,1H3,(H,13,14). The molecule has 0 radical (unpaired) electrons. The van der Waals surface area contributed by atoms with Crippen molar-refractivity contribution in [2.75, 3.05) is 25.1 Å². The molecular weight excluding hydrogens is 240 g/mol. The molecule has 0 saturated heterocycles. The first-order valence-corrected chi connectivity index (χ1v) is 8.21. The van der Waals surface area contributed by atoms with Gasteiger partial charge in [-0.2, -0.15) is 0 Å². The van der Waals surface area contributed by atoms with E-state index in [0.717, 1.165) is 12.8 Å². The molecule has 1 aliphatic rings. The Labute approximate surface area is 103 Å². The molecule has 100 valence electrons. The van der Waals surface area contributed by atoms with Crippen molar-refractivity contribution in [2.24, 2.45) is 0 Å². The summed E-state index contributed by atoms with van der Waals surface area (Å²) in [6, 6.07) is 0.348. The predicted octanol–water partition coefficient (Wildman–Crippen LogP) is 0.0695. The van der Waals surface area contributed by atoms with Crippen LogP contribution in [0, 0.1) is 0 Å². The Kier molecular flexibility index (Phi) is 5.91. The Morgan fingerprint density at radius 3 is 2.53 bits per heavy atom. The highest BCUT2D eigenvalue weighted by molar-refractivity contribution is 7.90. The van der Waals surface area contributed by atoms with Crippen molar-refractivity contribution < 1.29 is 13.2 Å². The molecule has 1 aliphatic carbocycles. The minimum Gasteiger partial charge on any atom is -0.352 e. The average Bonchev–Trinajstić information content (AvgIpc) is 2.68. The molecule has 0 spiro atoms. The van der Waals surface area contributed by atoms with Crippen molar-refractivity contribution in [3.8, 4) is 0 Å². The van der Waals surface area contributed by atoms with Crippen molar-refractivity contribution in [2.45, 2.75) is 38.1 Å². The fourth-order valence-corrected chi connectivity index (χ4v) is 2.68. The summed E-state index contributed by atoms with van der Waals surface area (Å²) in [5, 5.41) is 5.92. The Bertz CT molecular complexity index is 335. The van der Waals surface area contributed by atoms with Crippen molar-refractivity contribution in [3.05, 3.63) is 0 Å². The highest BCUT2D eigenvalue weighted by Crippen LogP contribution is 2.17. The Hall–Kier alpha value is -0.620. The van der Waals surface area contributed by atoms with Crippen LogP contribution in [0.1, 0.15) is 32.1 Å². The lowest BCUT2D eigenvalue weighted by Gasteiger charge is -2.12. The van der Waals surface area contributed by atoms with E-state index in [-0.39, 0.29) is 18.2 Å². The molecule has 1 amide bonds. The molecule has 2 N–H and O–H groups in total. The zero-order valence-corrected chi connectivity index (χ0v) is 11.2. The van der Waals surface area contributed by atoms with Crippen molar-refractivity contribution in [1.29, 1.82) is 0 Å². The second-order valence-corrected chi connectivity index (χ2v) is 6.97. The summed E-state index contributed by atoms with van der Waals surface area (Å²) in [5.74, 6) is 0.181. The van der Waals surface area contributed by atoms with E-state index in [1.807, 2.05) is 0 Å². The van der Waals surface area contributed by atoms with E-state index in [9.17, 15) is 13.2 Å². The van der Waals surface area contributed by atoms with Crippen molar-refractivity contribution in [3.63, 3.8) is 0 Å². The first-order chi connectivity index (χ1) is 7.97. The largest absolute Gasteiger partial charge is 0.352 e. The van der Waals surface area contributed by atoms with Gasteiger partial charge in [0.2, 0.25) is 5.91 Å². The molecule has 17 heavy (non-hydrogen) atoms. The van der Waals surface area contributed by atoms with Crippen LogP contribution in [0.3, 0.4) is 0 Å². The van der Waals surface area contributed by atoms with Crippen LogP contribution in [-0.4, -0.2) is 45.5 Å². The quantitative estimate of drug-likeness (QED) is 0.637. The molecule has 1 saturated carbocycles. The summed E-state index contributed by atoms with van der Waals surface area (Å²) in [5.41, 5.74) is 0. The summed E-state index contributed by atoms with van der Waals surface area (Å²) < 4.78 is 21.7. The molecule has 1 fully saturated rings. The SMILES string of the molecule is CS(=O)(=O)CCCNCC(=O)NC1CCCC1. The number of carbonyl (C=O) groups is 1. The van der Waals surface area contributed by atoms with E-state index in [1.54, 1.807) is 0 Å². The number of carbonyl (C=O) groups excluding carboxylic acids is 1. The molecule has 0 aliphatic heterocycles. The topological polar surface area (TPSA) is 75.3 Å². The van der Waals surface area contributed by atoms with Gasteiger partial charge in [-0.1, -0.05) is 12.8 Å². The molecule has 0 bridgehead atoms. The second-order valence-electron chi connectivity index (χ2n) is 4.71. The predicted molar refractivity (Wildman–Crippen MR) is 67.6 cm³/mol. The molecule has 5 nitrogen and oxygen atoms in total. The van der Waals surface area contributed by atoms with Crippen LogP contribution in [0.25, 0.3) is 0 Å². The number of rotatable bonds is 7. The molecule has 0 aromatic heterocycles. The lowest BCUT2D eigenvalue weighted by atomic mass is 10.2. The lowest BCUT2D eigenvalue weighted by Crippen LogP contribution is -2.39. The third-order valence-corrected chi connectivity index (χ3v) is 3.90. The van der Waals surface area contributed by atoms with Gasteiger partial charge >= 0.3 is 0 Å². The van der Waals surface area contributed by atoms with Gasteiger partial charge < -0.3 is 10.6 Å². The lowest BCUT2D eigenvalue weighted by molar-refractivity contribution is -0.120. The van der Waals surface area contributed by atoms with Crippen molar-refractivity contribution in [1.82, 2.24) is 10.6 Å². The molecule has 0 heterocycles. The molecule has 0 atom stereocenters. The fraction of sp³-hybridized carbons (Fsp3) is 0.909. The first-order valence-electron chi connectivity index (χ1n) is 6.15. The summed E-state index contributed by atoms with van der Waals surface area (Å²) in [6.07, 6.45) is 6.34. The molecular formula is C11H22N2O3S. The Morgan fingerprint density at radius 2 is 1.94 bits per heavy atom. The van der Waals surface area contributed by atoms with Crippen molar-refractivity contribution >= 4 is 15.7 Å². The molecule has 1 rings (SSSR count). The minimum absolute atomic E-state index is 0.0104. The second kappa shape index (κ2) is 6.96. The number of hydrogen-bond donors (Lipinski definition) is 2. The minimum atomic E-state index is -2.88. The summed E-state index contributed by atoms with van der Waals surface area (Å²) >= 11 is 0. The van der Waals surface area contributed by atoms with E-state index in [4.69, 9.17) is 0 Å². The Morgan fingerprint density at radius 1 is 1.29 bits per heavy atom. The van der Waals surface area contributed by atoms with E-state index in [2.05, 4.69) is 10.6 Å². The van der Waals surface area contributed by atoms with Crippen LogP contribution in [0.5, 0.6) is 0 Å². The van der Waals surface area contributed by atoms with Gasteiger partial charge in [-0.15, -0.1) is 0 Å². The highest BCUT2D eigenvalue weighted by atomic mass is 32.2. The smallest absolute Gasteiger partial charge is 0.234 e. The van der Waals surface area contributed by atoms with Crippen LogP contribution < -0.4 is 10.6 Å². The van der Waals surface area contributed by atoms with Crippen LogP contribution >= 0.6 is 0 Å². The normalized spacial score (nSPS) is 17.2. The van der Waals surface area contributed by atoms with Crippen LogP contribution in [0.2, 0.25) is 0 Å². The first kappa shape index (κ1) is 14.4. The summed E-state index contributed by atoms with van der Waals surface area (Å²) in [6.45, 7) is 0.839. The molecule has 0 unspecified atom stereocenters. The maximum Gasteiger partial charge on any atom is 0.234 e. The van der Waals surface area contributed by atoms with Gasteiger partial charge in [-0.3, -0.25) is 4.79 Å². The van der Waals surface area contributed by atoms with Gasteiger partial charge in [0, 0.05) is 12.3 Å². The monoisotopic (exact) mass is 262 g/mol. The Balaban J connectivity index is 2.00. The van der Waals surface area contributed by atoms with E-state index in [0.29, 0.717) is 19.0 Å². The zero-order chi connectivity index (χ0) is 12.7. The van der Waals surface area contributed by atoms with Gasteiger partial charge in [-0.25, -0.2) is 8.42 Å². The van der Waals surface area contributed by atoms with Gasteiger partial charge in [0.25, 0.3) is 0 Å². The van der Waals surface area contributed by atoms with Gasteiger partial charge in [0.05, 0.1) is 12.3 Å². The van der Waals surface area contributed by atoms with E-state index < -0.39 is 9.84 Å². The van der Waals surface area contributed by atoms with Crippen LogP contribution in [-0.2, 0) is 14.6 Å². The third kappa shape index (κ3) is 7.33. The van der Waals surface area contributed by atoms with Crippen LogP contribution in [0.15, 0.2) is 0 Å². The third-order valence-electron chi connectivity index (χ3n) is 2.87. The van der Waals surface area contributed by atoms with E-state index in [1.165, 1.54) is 19.1 Å².